The van der Waals surface area contributed by atoms with Gasteiger partial charge >= 0.3 is 0 Å². The third-order valence-corrected chi connectivity index (χ3v) is 6.48. The quantitative estimate of drug-likeness (QED) is 0.434. The van der Waals surface area contributed by atoms with Crippen molar-refractivity contribution in [3.63, 3.8) is 0 Å². The van der Waals surface area contributed by atoms with Gasteiger partial charge in [0.25, 0.3) is 0 Å². The summed E-state index contributed by atoms with van der Waals surface area (Å²) in [6.07, 6.45) is 1.15. The highest BCUT2D eigenvalue weighted by atomic mass is 32.2. The van der Waals surface area contributed by atoms with E-state index in [1.807, 2.05) is 30.3 Å². The molecule has 1 aliphatic heterocycles. The maximum Gasteiger partial charge on any atom is 0.233 e. The van der Waals surface area contributed by atoms with Crippen molar-refractivity contribution in [3.05, 3.63) is 65.7 Å². The number of carbonyl (C=O) groups excluding carboxylic acids is 2. The number of nitrogens with one attached hydrogen (secondary N) is 2. The van der Waals surface area contributed by atoms with Crippen molar-refractivity contribution in [2.24, 2.45) is 0 Å². The zero-order chi connectivity index (χ0) is 24.7. The molecule has 10 heteroatoms. The summed E-state index contributed by atoms with van der Waals surface area (Å²) in [5.41, 5.74) is 2.24. The molecule has 0 radical (unpaired) electrons. The molecule has 0 aliphatic carbocycles. The largest absolute Gasteiger partial charge is 0.392 e. The Bertz CT molecular complexity index is 1080. The van der Waals surface area contributed by atoms with Gasteiger partial charge in [-0.1, -0.05) is 42.5 Å². The molecule has 0 spiro atoms. The van der Waals surface area contributed by atoms with Gasteiger partial charge in [0.05, 0.1) is 18.4 Å². The van der Waals surface area contributed by atoms with Gasteiger partial charge in [0, 0.05) is 38.9 Å². The molecule has 0 aromatic heterocycles. The molecular formula is C24H32N4O5S. The third kappa shape index (κ3) is 7.91. The number of benzene rings is 2. The summed E-state index contributed by atoms with van der Waals surface area (Å²) in [5.74, 6) is -0.734. The number of likely N-dealkylation sites (N-methyl/N-ethyl adjacent to an activating group) is 1. The van der Waals surface area contributed by atoms with E-state index in [4.69, 9.17) is 0 Å². The molecule has 1 saturated heterocycles. The molecule has 3 N–H and O–H groups in total. The average Bonchev–Trinajstić information content (AvgIpc) is 3.21. The van der Waals surface area contributed by atoms with Crippen molar-refractivity contribution in [2.45, 2.75) is 31.5 Å². The first-order chi connectivity index (χ1) is 16.1. The van der Waals surface area contributed by atoms with Crippen LogP contribution in [0.5, 0.6) is 0 Å². The molecule has 34 heavy (non-hydrogen) atoms. The summed E-state index contributed by atoms with van der Waals surface area (Å²) in [5, 5.41) is 12.6. The molecule has 184 valence electrons. The normalized spacial score (nSPS) is 17.3. The molecule has 1 aliphatic rings. The molecule has 2 unspecified atom stereocenters. The molecule has 2 atom stereocenters. The topological polar surface area (TPSA) is 119 Å². The summed E-state index contributed by atoms with van der Waals surface area (Å²) < 4.78 is 24.8. The molecule has 9 nitrogen and oxygen atoms in total. The van der Waals surface area contributed by atoms with Crippen molar-refractivity contribution in [1.82, 2.24) is 14.5 Å². The Kier molecular flexibility index (Phi) is 8.78. The van der Waals surface area contributed by atoms with E-state index < -0.39 is 15.9 Å². The summed E-state index contributed by atoms with van der Waals surface area (Å²) in [6, 6.07) is 16.2. The summed E-state index contributed by atoms with van der Waals surface area (Å²) in [4.78, 5) is 29.2. The van der Waals surface area contributed by atoms with E-state index >= 15 is 0 Å². The second-order valence-electron chi connectivity index (χ2n) is 8.65. The fourth-order valence-electron chi connectivity index (χ4n) is 3.91. The predicted octanol–water partition coefficient (Wildman–Crippen LogP) is 1.33. The Morgan fingerprint density at radius 1 is 1.15 bits per heavy atom. The molecule has 2 aromatic carbocycles. The first kappa shape index (κ1) is 25.8. The molecule has 0 saturated carbocycles. The molecule has 0 bridgehead atoms. The van der Waals surface area contributed by atoms with Crippen LogP contribution in [-0.4, -0.2) is 74.2 Å². The lowest BCUT2D eigenvalue weighted by Gasteiger charge is -2.32. The summed E-state index contributed by atoms with van der Waals surface area (Å²) >= 11 is 0. The summed E-state index contributed by atoms with van der Waals surface area (Å²) in [6.45, 7) is 2.07. The fraction of sp³-hybridized carbons (Fsp3) is 0.417. The molecule has 1 fully saturated rings. The Balaban J connectivity index is 1.59. The Labute approximate surface area is 200 Å². The van der Waals surface area contributed by atoms with Gasteiger partial charge in [-0.3, -0.25) is 14.5 Å². The standard InChI is InChI=1S/C24H32N4O5S/c1-27(22(19-6-4-3-5-7-19)17-28-13-12-21(29)16-28)24(31)14-23(30)26-20-10-8-18(9-11-20)15-25-34(2,32)33/h3-11,21-22,25,29H,12-17H2,1-2H3,(H,26,30). The van der Waals surface area contributed by atoms with Crippen LogP contribution in [0.2, 0.25) is 0 Å². The maximum atomic E-state index is 13.0. The van der Waals surface area contributed by atoms with Gasteiger partial charge in [-0.05, 0) is 29.7 Å². The van der Waals surface area contributed by atoms with Crippen LogP contribution in [0.4, 0.5) is 5.69 Å². The van der Waals surface area contributed by atoms with E-state index in [0.717, 1.165) is 23.9 Å². The monoisotopic (exact) mass is 488 g/mol. The molecule has 2 amide bonds. The number of hydrogen-bond donors (Lipinski definition) is 3. The number of aliphatic hydroxyl groups is 1. The molecule has 2 aromatic rings. The van der Waals surface area contributed by atoms with Gasteiger partial charge in [0.2, 0.25) is 21.8 Å². The summed E-state index contributed by atoms with van der Waals surface area (Å²) in [7, 11) is -1.59. The van der Waals surface area contributed by atoms with E-state index in [1.54, 1.807) is 36.2 Å². The first-order valence-corrected chi connectivity index (χ1v) is 13.0. The van der Waals surface area contributed by atoms with Crippen LogP contribution in [0, 0.1) is 0 Å². The minimum Gasteiger partial charge on any atom is -0.392 e. The van der Waals surface area contributed by atoms with Crippen molar-refractivity contribution >= 4 is 27.5 Å². The number of hydrogen-bond acceptors (Lipinski definition) is 6. The first-order valence-electron chi connectivity index (χ1n) is 11.1. The number of nitrogens with zero attached hydrogens (tertiary/aromatic N) is 2. The van der Waals surface area contributed by atoms with E-state index in [9.17, 15) is 23.1 Å². The van der Waals surface area contributed by atoms with Crippen LogP contribution < -0.4 is 10.0 Å². The number of carbonyl (C=O) groups is 2. The Hall–Kier alpha value is -2.79. The van der Waals surface area contributed by atoms with E-state index in [-0.39, 0.29) is 31.0 Å². The van der Waals surface area contributed by atoms with E-state index in [0.29, 0.717) is 25.2 Å². The van der Waals surface area contributed by atoms with Gasteiger partial charge in [-0.2, -0.15) is 0 Å². The van der Waals surface area contributed by atoms with E-state index in [2.05, 4.69) is 14.9 Å². The minimum atomic E-state index is -3.29. The number of β-amino-alcohol motifs (C(OH)–C–C–N with tert-alkyl or cyclic N) is 1. The number of aliphatic hydroxyl groups excluding tert-OH is 1. The lowest BCUT2D eigenvalue weighted by atomic mass is 10.0. The number of anilines is 1. The van der Waals surface area contributed by atoms with E-state index in [1.165, 1.54) is 0 Å². The zero-order valence-corrected chi connectivity index (χ0v) is 20.3. The third-order valence-electron chi connectivity index (χ3n) is 5.81. The van der Waals surface area contributed by atoms with Crippen LogP contribution in [0.15, 0.2) is 54.6 Å². The highest BCUT2D eigenvalue weighted by Crippen LogP contribution is 2.24. The number of likely N-dealkylation sites (tertiary alicyclic amines) is 1. The van der Waals surface area contributed by atoms with Gasteiger partial charge in [0.15, 0.2) is 0 Å². The van der Waals surface area contributed by atoms with Gasteiger partial charge < -0.3 is 15.3 Å². The van der Waals surface area contributed by atoms with Crippen LogP contribution in [0.1, 0.15) is 30.0 Å². The number of amides is 2. The zero-order valence-electron chi connectivity index (χ0n) is 19.5. The van der Waals surface area contributed by atoms with Crippen molar-refractivity contribution in [2.75, 3.05) is 38.3 Å². The van der Waals surface area contributed by atoms with Crippen molar-refractivity contribution < 1.29 is 23.1 Å². The van der Waals surface area contributed by atoms with Crippen LogP contribution in [0.3, 0.4) is 0 Å². The highest BCUT2D eigenvalue weighted by Gasteiger charge is 2.28. The second kappa shape index (κ2) is 11.6. The molecular weight excluding hydrogens is 456 g/mol. The van der Waals surface area contributed by atoms with Gasteiger partial charge in [0.1, 0.15) is 6.42 Å². The van der Waals surface area contributed by atoms with Crippen LogP contribution in [0.25, 0.3) is 0 Å². The number of sulfonamides is 1. The van der Waals surface area contributed by atoms with Crippen molar-refractivity contribution in [3.8, 4) is 0 Å². The van der Waals surface area contributed by atoms with Crippen LogP contribution >= 0.6 is 0 Å². The lowest BCUT2D eigenvalue weighted by Crippen LogP contribution is -2.40. The van der Waals surface area contributed by atoms with Gasteiger partial charge in [-0.15, -0.1) is 0 Å². The van der Waals surface area contributed by atoms with Crippen LogP contribution in [-0.2, 0) is 26.2 Å². The predicted molar refractivity (Wildman–Crippen MR) is 130 cm³/mol. The highest BCUT2D eigenvalue weighted by molar-refractivity contribution is 7.88. The maximum absolute atomic E-state index is 13.0. The van der Waals surface area contributed by atoms with Gasteiger partial charge in [-0.25, -0.2) is 13.1 Å². The Morgan fingerprint density at radius 2 is 1.82 bits per heavy atom. The smallest absolute Gasteiger partial charge is 0.233 e. The minimum absolute atomic E-state index is 0.158. The second-order valence-corrected chi connectivity index (χ2v) is 10.5. The SMILES string of the molecule is CN(C(=O)CC(=O)Nc1ccc(CNS(C)(=O)=O)cc1)C(CN1CCC(O)C1)c1ccccc1. The average molecular weight is 489 g/mol. The fourth-order valence-corrected chi connectivity index (χ4v) is 4.34. The Morgan fingerprint density at radius 3 is 2.41 bits per heavy atom. The number of rotatable bonds is 10. The molecule has 3 rings (SSSR count). The lowest BCUT2D eigenvalue weighted by molar-refractivity contribution is -0.135. The van der Waals surface area contributed by atoms with Crippen molar-refractivity contribution in [1.29, 1.82) is 0 Å². The molecule has 1 heterocycles.